The number of carbonyl (C=O) groups excluding carboxylic acids is 1. The van der Waals surface area contributed by atoms with Crippen molar-refractivity contribution >= 4 is 49.2 Å². The lowest BCUT2D eigenvalue weighted by molar-refractivity contribution is -0.147. The number of carbonyl (C=O) groups is 1. The third kappa shape index (κ3) is 3.90. The Kier molecular flexibility index (Phi) is 5.38. The topological polar surface area (TPSA) is 81.7 Å². The lowest BCUT2D eigenvalue weighted by Gasteiger charge is -2.14. The van der Waals surface area contributed by atoms with Gasteiger partial charge in [0.15, 0.2) is 6.10 Å². The Labute approximate surface area is 168 Å². The average Bonchev–Trinajstić information content (AvgIpc) is 2.96. The maximum absolute atomic E-state index is 13.6. The fourth-order valence-electron chi connectivity index (χ4n) is 2.69. The number of anilines is 1. The molecule has 0 bridgehead atoms. The van der Waals surface area contributed by atoms with Crippen LogP contribution in [0.4, 0.5) is 10.1 Å². The summed E-state index contributed by atoms with van der Waals surface area (Å²) in [5, 5.41) is 0.147. The molecule has 2 aromatic carbocycles. The lowest BCUT2D eigenvalue weighted by Crippen LogP contribution is -2.15. The molecule has 0 saturated carbocycles. The van der Waals surface area contributed by atoms with E-state index in [1.54, 1.807) is 6.92 Å². The number of hydrogen-bond acceptors (Lipinski definition) is 5. The molecule has 0 aliphatic carbocycles. The molecule has 1 atom stereocenters. The SMILES string of the molecule is CC(=O)O[C@H]1COc2c1cc(Cl)cc2S(=O)(=O)Nc1ccc(F)c(Br)c1C. The molecular weight excluding hydrogens is 465 g/mol. The van der Waals surface area contributed by atoms with Crippen LogP contribution in [0, 0.1) is 12.7 Å². The highest BCUT2D eigenvalue weighted by Gasteiger charge is 2.34. The Bertz CT molecular complexity index is 1040. The van der Waals surface area contributed by atoms with Crippen LogP contribution in [0.5, 0.6) is 5.75 Å². The third-order valence-corrected chi connectivity index (χ3v) is 6.52. The van der Waals surface area contributed by atoms with Gasteiger partial charge in [-0.15, -0.1) is 0 Å². The average molecular weight is 479 g/mol. The molecular formula is C17H14BrClFNO5S. The smallest absolute Gasteiger partial charge is 0.303 e. The number of sulfonamides is 1. The largest absolute Gasteiger partial charge is 0.487 e. The van der Waals surface area contributed by atoms with Gasteiger partial charge in [-0.2, -0.15) is 0 Å². The quantitative estimate of drug-likeness (QED) is 0.661. The van der Waals surface area contributed by atoms with Gasteiger partial charge in [-0.1, -0.05) is 11.6 Å². The van der Waals surface area contributed by atoms with E-state index in [1.165, 1.54) is 25.1 Å². The molecule has 0 radical (unpaired) electrons. The van der Waals surface area contributed by atoms with Crippen molar-refractivity contribution in [3.05, 3.63) is 50.7 Å². The van der Waals surface area contributed by atoms with Crippen LogP contribution in [0.25, 0.3) is 0 Å². The van der Waals surface area contributed by atoms with E-state index in [-0.39, 0.29) is 32.4 Å². The molecule has 144 valence electrons. The highest BCUT2D eigenvalue weighted by Crippen LogP contribution is 2.42. The van der Waals surface area contributed by atoms with E-state index < -0.39 is 27.9 Å². The predicted molar refractivity (Wildman–Crippen MR) is 101 cm³/mol. The van der Waals surface area contributed by atoms with Gasteiger partial charge in [0.1, 0.15) is 23.1 Å². The van der Waals surface area contributed by atoms with Crippen molar-refractivity contribution in [2.75, 3.05) is 11.3 Å². The molecule has 1 N–H and O–H groups in total. The molecule has 3 rings (SSSR count). The number of rotatable bonds is 4. The van der Waals surface area contributed by atoms with Crippen molar-refractivity contribution in [2.24, 2.45) is 0 Å². The number of esters is 1. The first kappa shape index (κ1) is 19.9. The van der Waals surface area contributed by atoms with Crippen LogP contribution in [0.2, 0.25) is 5.02 Å². The zero-order valence-corrected chi connectivity index (χ0v) is 17.3. The Morgan fingerprint density at radius 2 is 2.11 bits per heavy atom. The van der Waals surface area contributed by atoms with E-state index >= 15 is 0 Å². The van der Waals surface area contributed by atoms with Crippen molar-refractivity contribution in [1.29, 1.82) is 0 Å². The molecule has 0 aromatic heterocycles. The number of hydrogen-bond donors (Lipinski definition) is 1. The molecule has 10 heteroatoms. The van der Waals surface area contributed by atoms with Crippen LogP contribution in [0.1, 0.15) is 24.2 Å². The van der Waals surface area contributed by atoms with Gasteiger partial charge in [0, 0.05) is 17.5 Å². The number of ether oxygens (including phenoxy) is 2. The van der Waals surface area contributed by atoms with E-state index in [9.17, 15) is 17.6 Å². The number of benzene rings is 2. The summed E-state index contributed by atoms with van der Waals surface area (Å²) in [6.07, 6.45) is -0.744. The number of halogens is 3. The molecule has 0 saturated heterocycles. The maximum atomic E-state index is 13.6. The summed E-state index contributed by atoms with van der Waals surface area (Å²) in [5.74, 6) is -0.964. The number of nitrogens with one attached hydrogen (secondary N) is 1. The van der Waals surface area contributed by atoms with Crippen LogP contribution >= 0.6 is 27.5 Å². The predicted octanol–water partition coefficient (Wildman–Crippen LogP) is 4.35. The summed E-state index contributed by atoms with van der Waals surface area (Å²) in [6.45, 7) is 2.80. The first-order valence-electron chi connectivity index (χ1n) is 7.71. The Balaban J connectivity index is 2.04. The zero-order chi connectivity index (χ0) is 19.9. The van der Waals surface area contributed by atoms with Crippen molar-refractivity contribution in [3.8, 4) is 5.75 Å². The minimum atomic E-state index is -4.11. The molecule has 1 aliphatic heterocycles. The van der Waals surface area contributed by atoms with E-state index in [2.05, 4.69) is 20.7 Å². The molecule has 6 nitrogen and oxygen atoms in total. The fourth-order valence-corrected chi connectivity index (χ4v) is 4.65. The first-order chi connectivity index (χ1) is 12.6. The highest BCUT2D eigenvalue weighted by atomic mass is 79.9. The van der Waals surface area contributed by atoms with Crippen LogP contribution in [0.15, 0.2) is 33.6 Å². The monoisotopic (exact) mass is 477 g/mol. The van der Waals surface area contributed by atoms with Crippen molar-refractivity contribution < 1.29 is 27.1 Å². The second kappa shape index (κ2) is 7.29. The minimum Gasteiger partial charge on any atom is -0.487 e. The molecule has 27 heavy (non-hydrogen) atoms. The van der Waals surface area contributed by atoms with Gasteiger partial charge in [0.05, 0.1) is 10.2 Å². The fraction of sp³-hybridized carbons (Fsp3) is 0.235. The summed E-state index contributed by atoms with van der Waals surface area (Å²) in [4.78, 5) is 11.0. The normalized spacial score (nSPS) is 15.8. The summed E-state index contributed by atoms with van der Waals surface area (Å²) in [6, 6.07) is 5.20. The molecule has 2 aromatic rings. The van der Waals surface area contributed by atoms with Crippen molar-refractivity contribution in [2.45, 2.75) is 24.8 Å². The highest BCUT2D eigenvalue weighted by molar-refractivity contribution is 9.10. The van der Waals surface area contributed by atoms with Gasteiger partial charge in [-0.05, 0) is 52.7 Å². The second-order valence-electron chi connectivity index (χ2n) is 5.87. The minimum absolute atomic E-state index is 0.0150. The van der Waals surface area contributed by atoms with Gasteiger partial charge in [0.2, 0.25) is 0 Å². The number of fused-ring (bicyclic) bond motifs is 1. The third-order valence-electron chi connectivity index (χ3n) is 3.96. The lowest BCUT2D eigenvalue weighted by atomic mass is 10.1. The summed E-state index contributed by atoms with van der Waals surface area (Å²) >= 11 is 9.15. The van der Waals surface area contributed by atoms with Gasteiger partial charge in [-0.3, -0.25) is 9.52 Å². The Hall–Kier alpha value is -1.84. The van der Waals surface area contributed by atoms with Gasteiger partial charge >= 0.3 is 5.97 Å². The summed E-state index contributed by atoms with van der Waals surface area (Å²) in [7, 11) is -4.11. The van der Waals surface area contributed by atoms with Crippen LogP contribution in [-0.2, 0) is 19.6 Å². The summed E-state index contributed by atoms with van der Waals surface area (Å²) < 4.78 is 52.6. The van der Waals surface area contributed by atoms with Crippen LogP contribution < -0.4 is 9.46 Å². The molecule has 0 amide bonds. The van der Waals surface area contributed by atoms with E-state index in [0.29, 0.717) is 11.1 Å². The van der Waals surface area contributed by atoms with Gasteiger partial charge in [0.25, 0.3) is 10.0 Å². The molecule has 1 aliphatic rings. The van der Waals surface area contributed by atoms with Gasteiger partial charge < -0.3 is 9.47 Å². The van der Waals surface area contributed by atoms with E-state index in [0.717, 1.165) is 6.07 Å². The van der Waals surface area contributed by atoms with Crippen molar-refractivity contribution in [1.82, 2.24) is 0 Å². The second-order valence-corrected chi connectivity index (χ2v) is 8.75. The molecule has 0 spiro atoms. The van der Waals surface area contributed by atoms with E-state index in [1.807, 2.05) is 0 Å². The standard InChI is InChI=1S/C17H14BrClFNO5S/c1-8-13(4-3-12(20)16(8)18)21-27(23,24)15-6-10(19)5-11-14(26-9(2)22)7-25-17(11)15/h3-6,14,21H,7H2,1-2H3/t14-/m0/s1. The van der Waals surface area contributed by atoms with Crippen LogP contribution in [-0.4, -0.2) is 21.0 Å². The van der Waals surface area contributed by atoms with Gasteiger partial charge in [-0.25, -0.2) is 12.8 Å². The maximum Gasteiger partial charge on any atom is 0.303 e. The molecule has 0 unspecified atom stereocenters. The molecule has 1 heterocycles. The Morgan fingerprint density at radius 1 is 1.41 bits per heavy atom. The summed E-state index contributed by atoms with van der Waals surface area (Å²) in [5.41, 5.74) is 0.956. The zero-order valence-electron chi connectivity index (χ0n) is 14.2. The molecule has 0 fully saturated rings. The van der Waals surface area contributed by atoms with Crippen molar-refractivity contribution in [3.63, 3.8) is 0 Å². The van der Waals surface area contributed by atoms with E-state index in [4.69, 9.17) is 21.1 Å². The Morgan fingerprint density at radius 3 is 2.78 bits per heavy atom. The first-order valence-corrected chi connectivity index (χ1v) is 10.4. The van der Waals surface area contributed by atoms with Crippen LogP contribution in [0.3, 0.4) is 0 Å².